The van der Waals surface area contributed by atoms with Crippen molar-refractivity contribution in [2.24, 2.45) is 0 Å². The van der Waals surface area contributed by atoms with Crippen molar-refractivity contribution in [2.45, 2.75) is 11.8 Å². The fourth-order valence-electron chi connectivity index (χ4n) is 3.11. The van der Waals surface area contributed by atoms with Crippen molar-refractivity contribution in [3.8, 4) is 5.75 Å². The summed E-state index contributed by atoms with van der Waals surface area (Å²) in [6.45, 7) is 1.37. The van der Waals surface area contributed by atoms with E-state index in [4.69, 9.17) is 4.18 Å². The minimum absolute atomic E-state index is 0.0226. The number of carbonyl (C=O) groups excluding carboxylic acids is 3. The van der Waals surface area contributed by atoms with Crippen LogP contribution in [0, 0.1) is 0 Å². The van der Waals surface area contributed by atoms with Gasteiger partial charge in [-0.15, -0.1) is 0 Å². The third-order valence-corrected chi connectivity index (χ3v) is 5.62. The Hall–Kier alpha value is -3.72. The van der Waals surface area contributed by atoms with Crippen molar-refractivity contribution in [1.29, 1.82) is 0 Å². The molecule has 0 fully saturated rings. The first-order valence-corrected chi connectivity index (χ1v) is 9.90. The van der Waals surface area contributed by atoms with Gasteiger partial charge >= 0.3 is 10.1 Å². The summed E-state index contributed by atoms with van der Waals surface area (Å²) in [6.07, 6.45) is 0. The van der Waals surface area contributed by atoms with Crippen molar-refractivity contribution in [2.75, 3.05) is 5.32 Å². The second-order valence-corrected chi connectivity index (χ2v) is 7.91. The van der Waals surface area contributed by atoms with E-state index in [1.807, 2.05) is 0 Å². The summed E-state index contributed by atoms with van der Waals surface area (Å²) in [5.74, 6) is -1.43. The molecule has 1 heterocycles. The monoisotopic (exact) mass is 410 g/mol. The number of carbonyl (C=O) groups is 3. The maximum absolute atomic E-state index is 12.8. The lowest BCUT2D eigenvalue weighted by molar-refractivity contribution is -0.114. The molecule has 1 aliphatic rings. The highest BCUT2D eigenvalue weighted by atomic mass is 32.2. The summed E-state index contributed by atoms with van der Waals surface area (Å²) < 4.78 is 30.9. The number of imide groups is 1. The van der Waals surface area contributed by atoms with Crippen LogP contribution in [0.4, 0.5) is 5.69 Å². The molecule has 1 aliphatic heterocycles. The van der Waals surface area contributed by atoms with Gasteiger partial charge < -0.3 is 9.50 Å². The van der Waals surface area contributed by atoms with Crippen LogP contribution in [-0.2, 0) is 14.9 Å². The quantitative estimate of drug-likeness (QED) is 0.504. The van der Waals surface area contributed by atoms with E-state index in [1.165, 1.54) is 25.1 Å². The number of nitrogens with one attached hydrogen (secondary N) is 2. The minimum Gasteiger partial charge on any atom is -0.378 e. The average Bonchev–Trinajstić information content (AvgIpc) is 2.97. The number of rotatable bonds is 4. The smallest absolute Gasteiger partial charge is 0.339 e. The zero-order chi connectivity index (χ0) is 20.8. The highest BCUT2D eigenvalue weighted by molar-refractivity contribution is 7.87. The molecule has 29 heavy (non-hydrogen) atoms. The Labute approximate surface area is 165 Å². The Balaban J connectivity index is 1.75. The molecule has 0 bridgehead atoms. The molecule has 4 rings (SSSR count). The molecule has 0 saturated heterocycles. The topological polar surface area (TPSA) is 119 Å². The summed E-state index contributed by atoms with van der Waals surface area (Å²) in [5.41, 5.74) is 0.607. The molecule has 3 aromatic rings. The molecule has 0 unspecified atom stereocenters. The molecule has 0 aromatic heterocycles. The Morgan fingerprint density at radius 3 is 2.34 bits per heavy atom. The molecule has 0 aliphatic carbocycles. The summed E-state index contributed by atoms with van der Waals surface area (Å²) in [5, 5.41) is 5.88. The van der Waals surface area contributed by atoms with Gasteiger partial charge in [-0.2, -0.15) is 8.42 Å². The van der Waals surface area contributed by atoms with Gasteiger partial charge in [0.05, 0.1) is 11.1 Å². The van der Waals surface area contributed by atoms with E-state index in [2.05, 4.69) is 10.6 Å². The van der Waals surface area contributed by atoms with E-state index >= 15 is 0 Å². The summed E-state index contributed by atoms with van der Waals surface area (Å²) >= 11 is 0. The minimum atomic E-state index is -4.28. The van der Waals surface area contributed by atoms with Crippen LogP contribution in [0.15, 0.2) is 59.5 Å². The Morgan fingerprint density at radius 1 is 0.931 bits per heavy atom. The maximum Gasteiger partial charge on any atom is 0.339 e. The van der Waals surface area contributed by atoms with Crippen molar-refractivity contribution < 1.29 is 27.0 Å². The molecule has 3 amide bonds. The molecule has 3 aromatic carbocycles. The van der Waals surface area contributed by atoms with Gasteiger partial charge in [-0.05, 0) is 30.3 Å². The molecule has 146 valence electrons. The predicted molar refractivity (Wildman–Crippen MR) is 104 cm³/mol. The first-order valence-electron chi connectivity index (χ1n) is 8.50. The zero-order valence-electron chi connectivity index (χ0n) is 15.1. The highest BCUT2D eigenvalue weighted by Gasteiger charge is 2.29. The van der Waals surface area contributed by atoms with Crippen molar-refractivity contribution >= 4 is 44.3 Å². The number of hydrogen-bond acceptors (Lipinski definition) is 6. The van der Waals surface area contributed by atoms with Gasteiger partial charge in [0.15, 0.2) is 5.75 Å². The Morgan fingerprint density at radius 2 is 1.62 bits per heavy atom. The number of benzene rings is 3. The SMILES string of the molecule is CC(=O)Nc1ccc(OS(=O)(=O)c2ccc3c(c2)C(=O)NC3=O)c2ccccc12. The van der Waals surface area contributed by atoms with Crippen LogP contribution >= 0.6 is 0 Å². The molecule has 2 N–H and O–H groups in total. The van der Waals surface area contributed by atoms with Crippen molar-refractivity contribution in [3.05, 3.63) is 65.7 Å². The van der Waals surface area contributed by atoms with E-state index in [0.717, 1.165) is 6.07 Å². The van der Waals surface area contributed by atoms with Gasteiger partial charge in [-0.1, -0.05) is 24.3 Å². The molecule has 9 heteroatoms. The zero-order valence-corrected chi connectivity index (χ0v) is 15.9. The first kappa shape index (κ1) is 18.6. The van der Waals surface area contributed by atoms with Gasteiger partial charge in [0.25, 0.3) is 11.8 Å². The number of amides is 3. The fraction of sp³-hybridized carbons (Fsp3) is 0.0500. The molecule has 0 saturated carbocycles. The lowest BCUT2D eigenvalue weighted by Crippen LogP contribution is -2.19. The van der Waals surface area contributed by atoms with Crippen molar-refractivity contribution in [1.82, 2.24) is 5.32 Å². The summed E-state index contributed by atoms with van der Waals surface area (Å²) in [4.78, 5) is 34.6. The normalized spacial score (nSPS) is 13.1. The van der Waals surface area contributed by atoms with E-state index < -0.39 is 21.9 Å². The van der Waals surface area contributed by atoms with Gasteiger partial charge in [0, 0.05) is 23.4 Å². The van der Waals surface area contributed by atoms with Gasteiger partial charge in [-0.3, -0.25) is 19.7 Å². The summed E-state index contributed by atoms with van der Waals surface area (Å²) in [6, 6.07) is 13.4. The molecular weight excluding hydrogens is 396 g/mol. The van der Waals surface area contributed by atoms with Gasteiger partial charge in [0.1, 0.15) is 4.90 Å². The summed E-state index contributed by atoms with van der Waals surface area (Å²) in [7, 11) is -4.28. The van der Waals surface area contributed by atoms with Crippen LogP contribution in [-0.4, -0.2) is 26.1 Å². The highest BCUT2D eigenvalue weighted by Crippen LogP contribution is 2.33. The average molecular weight is 410 g/mol. The maximum atomic E-state index is 12.8. The molecule has 0 atom stereocenters. The second kappa shape index (κ2) is 6.71. The van der Waals surface area contributed by atoms with E-state index in [9.17, 15) is 22.8 Å². The number of hydrogen-bond donors (Lipinski definition) is 2. The van der Waals surface area contributed by atoms with E-state index in [1.54, 1.807) is 30.3 Å². The molecule has 8 nitrogen and oxygen atoms in total. The standard InChI is InChI=1S/C20H14N2O6S/c1-11(23)21-17-8-9-18(14-5-3-2-4-13(14)17)28-29(26,27)12-6-7-15-16(10-12)20(25)22-19(15)24/h2-10H,1H3,(H,21,23)(H,22,24,25). The molecule has 0 spiro atoms. The van der Waals surface area contributed by atoms with E-state index in [0.29, 0.717) is 16.5 Å². The second-order valence-electron chi connectivity index (χ2n) is 6.37. The molecular formula is C20H14N2O6S. The van der Waals surface area contributed by atoms with Crippen LogP contribution in [0.5, 0.6) is 5.75 Å². The molecule has 0 radical (unpaired) electrons. The Bertz CT molecular complexity index is 1310. The van der Waals surface area contributed by atoms with Crippen LogP contribution in [0.25, 0.3) is 10.8 Å². The lowest BCUT2D eigenvalue weighted by atomic mass is 10.1. The van der Waals surface area contributed by atoms with Gasteiger partial charge in [0.2, 0.25) is 5.91 Å². The number of anilines is 1. The fourth-order valence-corrected chi connectivity index (χ4v) is 4.09. The third kappa shape index (κ3) is 3.32. The Kier molecular flexibility index (Phi) is 4.31. The first-order chi connectivity index (χ1) is 13.8. The van der Waals surface area contributed by atoms with E-state index in [-0.39, 0.29) is 27.7 Å². The lowest BCUT2D eigenvalue weighted by Gasteiger charge is -2.13. The third-order valence-electron chi connectivity index (χ3n) is 4.39. The predicted octanol–water partition coefficient (Wildman–Crippen LogP) is 2.45. The van der Waals surface area contributed by atoms with Crippen LogP contribution in [0.2, 0.25) is 0 Å². The van der Waals surface area contributed by atoms with Crippen molar-refractivity contribution in [3.63, 3.8) is 0 Å². The van der Waals surface area contributed by atoms with Gasteiger partial charge in [-0.25, -0.2) is 0 Å². The number of fused-ring (bicyclic) bond motifs is 2. The largest absolute Gasteiger partial charge is 0.378 e. The van der Waals surface area contributed by atoms with Crippen LogP contribution in [0.1, 0.15) is 27.6 Å². The van der Waals surface area contributed by atoms with Crippen LogP contribution in [0.3, 0.4) is 0 Å². The van der Waals surface area contributed by atoms with Crippen LogP contribution < -0.4 is 14.8 Å².